The number of nitrogen functional groups attached to an aromatic ring is 1. The summed E-state index contributed by atoms with van der Waals surface area (Å²) in [6, 6.07) is 10.6. The van der Waals surface area contributed by atoms with Crippen molar-refractivity contribution in [2.45, 2.75) is 13.0 Å². The van der Waals surface area contributed by atoms with Crippen molar-refractivity contribution in [2.24, 2.45) is 0 Å². The topological polar surface area (TPSA) is 53.8 Å². The molecule has 3 aromatic rings. The fraction of sp³-hybridized carbons (Fsp3) is 0.200. The molecule has 19 heavy (non-hydrogen) atoms. The normalized spacial score (nSPS) is 14.7. The fourth-order valence-electron chi connectivity index (χ4n) is 2.86. The van der Waals surface area contributed by atoms with Crippen LogP contribution in [0.5, 0.6) is 0 Å². The molecule has 4 rings (SSSR count). The highest BCUT2D eigenvalue weighted by atomic mass is 32.1. The second-order valence-corrected chi connectivity index (χ2v) is 6.08. The Labute approximate surface area is 115 Å². The van der Waals surface area contributed by atoms with E-state index in [1.807, 2.05) is 0 Å². The summed E-state index contributed by atoms with van der Waals surface area (Å²) in [5.41, 5.74) is 11.2. The second kappa shape index (κ2) is 4.11. The first-order chi connectivity index (χ1) is 9.33. The number of nitrogens with two attached hydrogens (primary N) is 1. The SMILES string of the molecule is Nc1sc2c(c1-c1cc3ccccc3[nH]1)CCNC2. The molecule has 0 atom stereocenters. The van der Waals surface area contributed by atoms with E-state index < -0.39 is 0 Å². The largest absolute Gasteiger partial charge is 0.390 e. The van der Waals surface area contributed by atoms with Gasteiger partial charge in [-0.2, -0.15) is 0 Å². The third kappa shape index (κ3) is 1.68. The van der Waals surface area contributed by atoms with Gasteiger partial charge in [-0.05, 0) is 30.7 Å². The van der Waals surface area contributed by atoms with Gasteiger partial charge in [-0.1, -0.05) is 18.2 Å². The molecule has 0 saturated carbocycles. The Morgan fingerprint density at radius 1 is 1.21 bits per heavy atom. The van der Waals surface area contributed by atoms with E-state index >= 15 is 0 Å². The molecule has 4 heteroatoms. The summed E-state index contributed by atoms with van der Waals surface area (Å²) < 4.78 is 0. The van der Waals surface area contributed by atoms with Gasteiger partial charge in [0.2, 0.25) is 0 Å². The second-order valence-electron chi connectivity index (χ2n) is 4.94. The zero-order valence-electron chi connectivity index (χ0n) is 10.5. The molecule has 4 N–H and O–H groups in total. The molecule has 0 aliphatic carbocycles. The molecule has 0 unspecified atom stereocenters. The number of H-pyrrole nitrogens is 1. The van der Waals surface area contributed by atoms with Gasteiger partial charge in [-0.25, -0.2) is 0 Å². The maximum absolute atomic E-state index is 6.25. The van der Waals surface area contributed by atoms with Gasteiger partial charge in [0.05, 0.1) is 5.00 Å². The van der Waals surface area contributed by atoms with Crippen LogP contribution >= 0.6 is 11.3 Å². The molecule has 96 valence electrons. The Balaban J connectivity index is 1.94. The van der Waals surface area contributed by atoms with E-state index in [9.17, 15) is 0 Å². The van der Waals surface area contributed by atoms with Gasteiger partial charge < -0.3 is 16.0 Å². The molecule has 1 aliphatic heterocycles. The average molecular weight is 269 g/mol. The van der Waals surface area contributed by atoms with Crippen molar-refractivity contribution in [1.29, 1.82) is 0 Å². The van der Waals surface area contributed by atoms with Gasteiger partial charge in [0.25, 0.3) is 0 Å². The molecule has 0 radical (unpaired) electrons. The molecule has 0 bridgehead atoms. The minimum absolute atomic E-state index is 0.931. The Kier molecular flexibility index (Phi) is 2.40. The number of aromatic amines is 1. The first kappa shape index (κ1) is 11.1. The molecule has 0 spiro atoms. The minimum Gasteiger partial charge on any atom is -0.390 e. The van der Waals surface area contributed by atoms with Gasteiger partial charge >= 0.3 is 0 Å². The molecule has 0 saturated heterocycles. The van der Waals surface area contributed by atoms with Crippen molar-refractivity contribution >= 4 is 27.2 Å². The van der Waals surface area contributed by atoms with Crippen molar-refractivity contribution in [1.82, 2.24) is 10.3 Å². The van der Waals surface area contributed by atoms with Crippen LogP contribution in [0.4, 0.5) is 5.00 Å². The molecular formula is C15H15N3S. The lowest BCUT2D eigenvalue weighted by Gasteiger charge is -2.13. The highest BCUT2D eigenvalue weighted by Crippen LogP contribution is 2.40. The highest BCUT2D eigenvalue weighted by Gasteiger charge is 2.21. The van der Waals surface area contributed by atoms with E-state index in [0.717, 1.165) is 30.2 Å². The van der Waals surface area contributed by atoms with Crippen LogP contribution in [0.15, 0.2) is 30.3 Å². The van der Waals surface area contributed by atoms with Gasteiger partial charge in [-0.3, -0.25) is 0 Å². The van der Waals surface area contributed by atoms with Crippen LogP contribution in [-0.4, -0.2) is 11.5 Å². The van der Waals surface area contributed by atoms with E-state index in [1.54, 1.807) is 11.3 Å². The fourth-order valence-corrected chi connectivity index (χ4v) is 3.96. The lowest BCUT2D eigenvalue weighted by Crippen LogP contribution is -2.22. The lowest BCUT2D eigenvalue weighted by atomic mass is 10.0. The Morgan fingerprint density at radius 2 is 2.11 bits per heavy atom. The lowest BCUT2D eigenvalue weighted by molar-refractivity contribution is 0.655. The summed E-state index contributed by atoms with van der Waals surface area (Å²) in [6.07, 6.45) is 1.06. The zero-order valence-corrected chi connectivity index (χ0v) is 11.3. The van der Waals surface area contributed by atoms with E-state index in [4.69, 9.17) is 5.73 Å². The average Bonchev–Trinajstić information content (AvgIpc) is 2.97. The Hall–Kier alpha value is -1.78. The summed E-state index contributed by atoms with van der Waals surface area (Å²) in [5.74, 6) is 0. The van der Waals surface area contributed by atoms with Crippen LogP contribution in [0, 0.1) is 0 Å². The predicted octanol–water partition coefficient (Wildman–Crippen LogP) is 3.12. The molecule has 0 amide bonds. The molecule has 1 aromatic carbocycles. The van der Waals surface area contributed by atoms with E-state index in [0.29, 0.717) is 0 Å². The van der Waals surface area contributed by atoms with Crippen LogP contribution < -0.4 is 11.1 Å². The minimum atomic E-state index is 0.931. The van der Waals surface area contributed by atoms with E-state index in [1.165, 1.54) is 26.9 Å². The number of para-hydroxylation sites is 1. The molecular weight excluding hydrogens is 254 g/mol. The van der Waals surface area contributed by atoms with Crippen LogP contribution in [0.25, 0.3) is 22.2 Å². The standard InChI is InChI=1S/C15H15N3S/c16-15-14(10-5-6-17-8-13(10)19-15)12-7-9-3-1-2-4-11(9)18-12/h1-4,7,17-18H,5-6,8,16H2. The zero-order chi connectivity index (χ0) is 12.8. The van der Waals surface area contributed by atoms with Crippen LogP contribution in [-0.2, 0) is 13.0 Å². The maximum Gasteiger partial charge on any atom is 0.0957 e. The number of thiophene rings is 1. The molecule has 1 aliphatic rings. The van der Waals surface area contributed by atoms with Crippen LogP contribution in [0.3, 0.4) is 0 Å². The number of hydrogen-bond acceptors (Lipinski definition) is 3. The first-order valence-electron chi connectivity index (χ1n) is 6.52. The number of fused-ring (bicyclic) bond motifs is 2. The highest BCUT2D eigenvalue weighted by molar-refractivity contribution is 7.16. The van der Waals surface area contributed by atoms with Crippen molar-refractivity contribution in [2.75, 3.05) is 12.3 Å². The smallest absolute Gasteiger partial charge is 0.0957 e. The summed E-state index contributed by atoms with van der Waals surface area (Å²) >= 11 is 1.72. The monoisotopic (exact) mass is 269 g/mol. The number of aromatic nitrogens is 1. The summed E-state index contributed by atoms with van der Waals surface area (Å²) in [4.78, 5) is 4.88. The van der Waals surface area contributed by atoms with E-state index in [-0.39, 0.29) is 0 Å². The molecule has 3 heterocycles. The number of anilines is 1. The summed E-state index contributed by atoms with van der Waals surface area (Å²) in [7, 11) is 0. The molecule has 0 fully saturated rings. The van der Waals surface area contributed by atoms with Gasteiger partial charge in [0, 0.05) is 33.6 Å². The quantitative estimate of drug-likeness (QED) is 0.635. The first-order valence-corrected chi connectivity index (χ1v) is 7.33. The van der Waals surface area contributed by atoms with E-state index in [2.05, 4.69) is 40.6 Å². The number of hydrogen-bond donors (Lipinski definition) is 3. The number of benzene rings is 1. The van der Waals surface area contributed by atoms with Crippen molar-refractivity contribution < 1.29 is 0 Å². The van der Waals surface area contributed by atoms with Crippen LogP contribution in [0.1, 0.15) is 10.4 Å². The predicted molar refractivity (Wildman–Crippen MR) is 81.4 cm³/mol. The number of rotatable bonds is 1. The molecule has 2 aromatic heterocycles. The maximum atomic E-state index is 6.25. The van der Waals surface area contributed by atoms with Crippen LogP contribution in [0.2, 0.25) is 0 Å². The Bertz CT molecular complexity index is 721. The molecule has 3 nitrogen and oxygen atoms in total. The summed E-state index contributed by atoms with van der Waals surface area (Å²) in [5, 5.41) is 5.58. The van der Waals surface area contributed by atoms with Crippen molar-refractivity contribution in [3.63, 3.8) is 0 Å². The van der Waals surface area contributed by atoms with Crippen molar-refractivity contribution in [3.05, 3.63) is 40.8 Å². The number of nitrogens with one attached hydrogen (secondary N) is 2. The van der Waals surface area contributed by atoms with Gasteiger partial charge in [0.15, 0.2) is 0 Å². The Morgan fingerprint density at radius 3 is 3.00 bits per heavy atom. The third-order valence-electron chi connectivity index (χ3n) is 3.75. The summed E-state index contributed by atoms with van der Waals surface area (Å²) in [6.45, 7) is 1.99. The third-order valence-corrected chi connectivity index (χ3v) is 4.82. The van der Waals surface area contributed by atoms with Gasteiger partial charge in [0.1, 0.15) is 0 Å². The van der Waals surface area contributed by atoms with Gasteiger partial charge in [-0.15, -0.1) is 11.3 Å². The van der Waals surface area contributed by atoms with Crippen molar-refractivity contribution in [3.8, 4) is 11.3 Å².